The van der Waals surface area contributed by atoms with Crippen molar-refractivity contribution < 1.29 is 5.11 Å². The Kier molecular flexibility index (Phi) is 4.60. The largest absolute Gasteiger partial charge is 0.502 e. The molecule has 14 heavy (non-hydrogen) atoms. The van der Waals surface area contributed by atoms with Gasteiger partial charge in [-0.1, -0.05) is 43.7 Å². The SMILES string of the molecule is CCC(CC(O)=S)Cc1ccccc1. The van der Waals surface area contributed by atoms with Gasteiger partial charge < -0.3 is 5.11 Å². The van der Waals surface area contributed by atoms with E-state index in [1.807, 2.05) is 18.2 Å². The minimum Gasteiger partial charge on any atom is -0.502 e. The Balaban J connectivity index is 2.53. The molecule has 0 radical (unpaired) electrons. The minimum absolute atomic E-state index is 0.132. The molecule has 0 saturated carbocycles. The second-order valence-corrected chi connectivity index (χ2v) is 4.03. The molecule has 0 aromatic heterocycles. The molecular weight excluding hydrogens is 192 g/mol. The summed E-state index contributed by atoms with van der Waals surface area (Å²) in [6.07, 6.45) is 2.69. The van der Waals surface area contributed by atoms with Gasteiger partial charge in [0.2, 0.25) is 0 Å². The van der Waals surface area contributed by atoms with Crippen LogP contribution in [0.25, 0.3) is 0 Å². The third-order valence-electron chi connectivity index (χ3n) is 2.41. The van der Waals surface area contributed by atoms with E-state index in [2.05, 4.69) is 19.1 Å². The van der Waals surface area contributed by atoms with Gasteiger partial charge in [-0.3, -0.25) is 0 Å². The average molecular weight is 208 g/mol. The lowest BCUT2D eigenvalue weighted by atomic mass is 9.94. The first-order valence-corrected chi connectivity index (χ1v) is 5.39. The first kappa shape index (κ1) is 11.2. The zero-order valence-electron chi connectivity index (χ0n) is 8.44. The quantitative estimate of drug-likeness (QED) is 0.747. The molecule has 0 aliphatic carbocycles. The summed E-state index contributed by atoms with van der Waals surface area (Å²) in [4.78, 5) is 0. The summed E-state index contributed by atoms with van der Waals surface area (Å²) in [5, 5.41) is 9.20. The van der Waals surface area contributed by atoms with Crippen molar-refractivity contribution in [1.82, 2.24) is 0 Å². The van der Waals surface area contributed by atoms with Gasteiger partial charge in [0.25, 0.3) is 0 Å². The van der Waals surface area contributed by atoms with Crippen molar-refractivity contribution in [3.63, 3.8) is 0 Å². The number of aliphatic hydroxyl groups excluding tert-OH is 1. The summed E-state index contributed by atoms with van der Waals surface area (Å²) < 4.78 is 0. The fourth-order valence-electron chi connectivity index (χ4n) is 1.56. The van der Waals surface area contributed by atoms with Crippen molar-refractivity contribution >= 4 is 17.3 Å². The highest BCUT2D eigenvalue weighted by Crippen LogP contribution is 2.15. The standard InChI is InChI=1S/C12H16OS/c1-2-10(9-12(13)14)8-11-6-4-3-5-7-11/h3-7,10H,2,8-9H2,1H3,(H,13,14). The number of benzene rings is 1. The maximum absolute atomic E-state index is 9.06. The average Bonchev–Trinajstić information content (AvgIpc) is 2.17. The fourth-order valence-corrected chi connectivity index (χ4v) is 1.79. The van der Waals surface area contributed by atoms with E-state index < -0.39 is 0 Å². The van der Waals surface area contributed by atoms with E-state index in [9.17, 15) is 0 Å². The Morgan fingerprint density at radius 1 is 1.36 bits per heavy atom. The van der Waals surface area contributed by atoms with Gasteiger partial charge in [-0.15, -0.1) is 0 Å². The first-order chi connectivity index (χ1) is 6.72. The summed E-state index contributed by atoms with van der Waals surface area (Å²) >= 11 is 4.71. The summed E-state index contributed by atoms with van der Waals surface area (Å²) in [7, 11) is 0. The first-order valence-electron chi connectivity index (χ1n) is 4.98. The van der Waals surface area contributed by atoms with Crippen LogP contribution in [-0.4, -0.2) is 10.2 Å². The second-order valence-electron chi connectivity index (χ2n) is 3.56. The molecule has 1 atom stereocenters. The van der Waals surface area contributed by atoms with Crippen LogP contribution in [-0.2, 0) is 6.42 Å². The van der Waals surface area contributed by atoms with E-state index in [1.54, 1.807) is 0 Å². The molecule has 0 spiro atoms. The Bertz CT molecular complexity index is 282. The molecule has 1 unspecified atom stereocenters. The van der Waals surface area contributed by atoms with Crippen LogP contribution in [0.15, 0.2) is 30.3 Å². The van der Waals surface area contributed by atoms with E-state index in [0.717, 1.165) is 12.8 Å². The number of hydrogen-bond acceptors (Lipinski definition) is 1. The van der Waals surface area contributed by atoms with Gasteiger partial charge in [-0.2, -0.15) is 0 Å². The van der Waals surface area contributed by atoms with E-state index in [0.29, 0.717) is 12.3 Å². The zero-order chi connectivity index (χ0) is 10.4. The minimum atomic E-state index is 0.132. The van der Waals surface area contributed by atoms with Crippen LogP contribution in [0.5, 0.6) is 0 Å². The highest BCUT2D eigenvalue weighted by atomic mass is 32.1. The Labute approximate surface area is 90.8 Å². The number of thiocarbonyl (C=S) groups is 1. The summed E-state index contributed by atoms with van der Waals surface area (Å²) in [5.41, 5.74) is 1.32. The Hall–Kier alpha value is -0.890. The monoisotopic (exact) mass is 208 g/mol. The molecule has 0 aliphatic heterocycles. The second kappa shape index (κ2) is 5.76. The molecule has 0 bridgehead atoms. The number of hydrogen-bond donors (Lipinski definition) is 1. The normalized spacial score (nSPS) is 12.4. The van der Waals surface area contributed by atoms with E-state index in [-0.39, 0.29) is 5.05 Å². The van der Waals surface area contributed by atoms with Crippen molar-refractivity contribution in [3.05, 3.63) is 35.9 Å². The molecule has 0 heterocycles. The zero-order valence-corrected chi connectivity index (χ0v) is 9.26. The van der Waals surface area contributed by atoms with Crippen molar-refractivity contribution in [2.45, 2.75) is 26.2 Å². The van der Waals surface area contributed by atoms with E-state index >= 15 is 0 Å². The van der Waals surface area contributed by atoms with Gasteiger partial charge >= 0.3 is 0 Å². The summed E-state index contributed by atoms with van der Waals surface area (Å²) in [5.74, 6) is 0.468. The molecule has 1 aromatic carbocycles. The van der Waals surface area contributed by atoms with Crippen LogP contribution in [0, 0.1) is 5.92 Å². The molecular formula is C12H16OS. The lowest BCUT2D eigenvalue weighted by molar-refractivity contribution is 0.470. The fraction of sp³-hybridized carbons (Fsp3) is 0.417. The molecule has 0 saturated heterocycles. The maximum Gasteiger partial charge on any atom is 0.156 e. The van der Waals surface area contributed by atoms with Gasteiger partial charge in [0.1, 0.15) is 0 Å². The van der Waals surface area contributed by atoms with Crippen LogP contribution in [0.3, 0.4) is 0 Å². The Morgan fingerprint density at radius 3 is 2.50 bits per heavy atom. The predicted molar refractivity (Wildman–Crippen MR) is 63.8 cm³/mol. The third-order valence-corrected chi connectivity index (χ3v) is 2.57. The lowest BCUT2D eigenvalue weighted by Crippen LogP contribution is -2.08. The molecule has 76 valence electrons. The number of aliphatic hydroxyl groups is 1. The van der Waals surface area contributed by atoms with Crippen molar-refractivity contribution in [3.8, 4) is 0 Å². The van der Waals surface area contributed by atoms with Crippen molar-refractivity contribution in [2.75, 3.05) is 0 Å². The maximum atomic E-state index is 9.06. The molecule has 0 aliphatic rings. The molecule has 1 nitrogen and oxygen atoms in total. The van der Waals surface area contributed by atoms with E-state index in [4.69, 9.17) is 17.3 Å². The predicted octanol–water partition coefficient (Wildman–Crippen LogP) is 3.53. The molecule has 1 aromatic rings. The van der Waals surface area contributed by atoms with Crippen LogP contribution in [0.4, 0.5) is 0 Å². The summed E-state index contributed by atoms with van der Waals surface area (Å²) in [6.45, 7) is 2.13. The van der Waals surface area contributed by atoms with Gasteiger partial charge in [0.05, 0.1) is 0 Å². The topological polar surface area (TPSA) is 20.2 Å². The van der Waals surface area contributed by atoms with Crippen molar-refractivity contribution in [1.29, 1.82) is 0 Å². The smallest absolute Gasteiger partial charge is 0.156 e. The molecule has 0 fully saturated rings. The highest BCUT2D eigenvalue weighted by Gasteiger charge is 2.09. The molecule has 1 rings (SSSR count). The van der Waals surface area contributed by atoms with Crippen LogP contribution in [0.1, 0.15) is 25.3 Å². The van der Waals surface area contributed by atoms with Crippen LogP contribution in [0.2, 0.25) is 0 Å². The highest BCUT2D eigenvalue weighted by molar-refractivity contribution is 7.80. The van der Waals surface area contributed by atoms with Gasteiger partial charge in [-0.25, -0.2) is 0 Å². The molecule has 0 amide bonds. The van der Waals surface area contributed by atoms with E-state index in [1.165, 1.54) is 5.56 Å². The lowest BCUT2D eigenvalue weighted by Gasteiger charge is -2.12. The third kappa shape index (κ3) is 3.88. The molecule has 1 N–H and O–H groups in total. The van der Waals surface area contributed by atoms with Gasteiger partial charge in [0.15, 0.2) is 5.05 Å². The molecule has 2 heteroatoms. The Morgan fingerprint density at radius 2 is 2.00 bits per heavy atom. The summed E-state index contributed by atoms with van der Waals surface area (Å²) in [6, 6.07) is 10.3. The van der Waals surface area contributed by atoms with Gasteiger partial charge in [0, 0.05) is 6.42 Å². The van der Waals surface area contributed by atoms with Crippen molar-refractivity contribution in [2.24, 2.45) is 5.92 Å². The van der Waals surface area contributed by atoms with Crippen LogP contribution < -0.4 is 0 Å². The van der Waals surface area contributed by atoms with Gasteiger partial charge in [-0.05, 0) is 30.1 Å². The number of rotatable bonds is 5. The van der Waals surface area contributed by atoms with Crippen LogP contribution >= 0.6 is 12.2 Å².